The number of carbonyl (C=O) groups is 3. The van der Waals surface area contributed by atoms with Gasteiger partial charge in [0.2, 0.25) is 0 Å². The van der Waals surface area contributed by atoms with Gasteiger partial charge in [0, 0.05) is 6.92 Å². The van der Waals surface area contributed by atoms with E-state index in [0.29, 0.717) is 5.92 Å². The number of rotatable bonds is 8. The number of hydrogen-bond donors (Lipinski definition) is 0. The van der Waals surface area contributed by atoms with Gasteiger partial charge >= 0.3 is 17.9 Å². The Balaban J connectivity index is 0.000000223. The van der Waals surface area contributed by atoms with Crippen LogP contribution in [0.15, 0.2) is 0 Å². The zero-order valence-electron chi connectivity index (χ0n) is 28.9. The summed E-state index contributed by atoms with van der Waals surface area (Å²) in [6.07, 6.45) is 12.4. The summed E-state index contributed by atoms with van der Waals surface area (Å²) in [5.74, 6) is 4.97. The first-order valence-corrected chi connectivity index (χ1v) is 17.2. The molecule has 0 aromatic rings. The topological polar surface area (TPSA) is 78.9 Å². The molecule has 0 aromatic carbocycles. The Labute approximate surface area is 257 Å². The van der Waals surface area contributed by atoms with Crippen LogP contribution in [0.3, 0.4) is 0 Å². The molecule has 0 aliphatic heterocycles. The van der Waals surface area contributed by atoms with Crippen LogP contribution < -0.4 is 0 Å². The average molecular weight is 593 g/mol. The van der Waals surface area contributed by atoms with Crippen molar-refractivity contribution in [1.82, 2.24) is 0 Å². The van der Waals surface area contributed by atoms with E-state index in [1.807, 2.05) is 48.5 Å². The van der Waals surface area contributed by atoms with E-state index in [9.17, 15) is 14.4 Å². The molecule has 4 aliphatic carbocycles. The minimum Gasteiger partial charge on any atom is -0.462 e. The fraction of sp³-hybridized carbons (Fsp3) is 0.917. The number of carbonyl (C=O) groups excluding carboxylic acids is 3. The predicted octanol–water partition coefficient (Wildman–Crippen LogP) is 8.93. The summed E-state index contributed by atoms with van der Waals surface area (Å²) in [7, 11) is 0. The van der Waals surface area contributed by atoms with Gasteiger partial charge in [-0.05, 0) is 120 Å². The zero-order chi connectivity index (χ0) is 31.8. The van der Waals surface area contributed by atoms with Crippen molar-refractivity contribution in [3.8, 4) is 0 Å². The molecule has 0 spiro atoms. The van der Waals surface area contributed by atoms with E-state index in [1.54, 1.807) is 6.92 Å². The Kier molecular flexibility index (Phi) is 13.9. The van der Waals surface area contributed by atoms with Gasteiger partial charge in [-0.2, -0.15) is 0 Å². The lowest BCUT2D eigenvalue weighted by Crippen LogP contribution is -2.35. The van der Waals surface area contributed by atoms with Crippen molar-refractivity contribution in [3.05, 3.63) is 0 Å². The smallest absolute Gasteiger partial charge is 0.309 e. The molecule has 0 amide bonds. The molecule has 0 saturated heterocycles. The van der Waals surface area contributed by atoms with Crippen LogP contribution >= 0.6 is 0 Å². The largest absolute Gasteiger partial charge is 0.462 e. The van der Waals surface area contributed by atoms with E-state index in [4.69, 9.17) is 14.2 Å². The molecule has 0 aromatic heterocycles. The fourth-order valence-corrected chi connectivity index (χ4v) is 7.52. The van der Waals surface area contributed by atoms with Crippen LogP contribution in [0.1, 0.15) is 147 Å². The second-order valence-electron chi connectivity index (χ2n) is 14.9. The van der Waals surface area contributed by atoms with Crippen LogP contribution in [0.2, 0.25) is 0 Å². The lowest BCUT2D eigenvalue weighted by molar-refractivity contribution is -0.166. The van der Waals surface area contributed by atoms with Gasteiger partial charge in [-0.1, -0.05) is 54.9 Å². The van der Waals surface area contributed by atoms with Crippen molar-refractivity contribution in [2.75, 3.05) is 0 Å². The van der Waals surface area contributed by atoms with E-state index in [0.717, 1.165) is 68.1 Å². The lowest BCUT2D eigenvalue weighted by atomic mass is 9.77. The molecule has 0 heterocycles. The van der Waals surface area contributed by atoms with Gasteiger partial charge in [0.05, 0.1) is 11.8 Å². The van der Waals surface area contributed by atoms with Crippen LogP contribution in [0.4, 0.5) is 0 Å². The summed E-state index contributed by atoms with van der Waals surface area (Å²) >= 11 is 0. The minimum atomic E-state index is -0.305. The van der Waals surface area contributed by atoms with Crippen LogP contribution in [0.5, 0.6) is 0 Å². The van der Waals surface area contributed by atoms with E-state index in [2.05, 4.69) is 20.8 Å². The first-order chi connectivity index (χ1) is 19.6. The number of esters is 3. The summed E-state index contributed by atoms with van der Waals surface area (Å²) in [5, 5.41) is 0. The van der Waals surface area contributed by atoms with E-state index in [-0.39, 0.29) is 47.0 Å². The second kappa shape index (κ2) is 15.9. The SMILES string of the molecule is CC(=O)OC1CC2CC1C1CC(C)C(C)C21.CCC(C)C(=O)OC(C)(C)CC.CCC(C)C(=O)OC1(C)CCCCC1. The normalized spacial score (nSPS) is 32.2. The van der Waals surface area contributed by atoms with E-state index in [1.165, 1.54) is 32.1 Å². The summed E-state index contributed by atoms with van der Waals surface area (Å²) in [5.41, 5.74) is -0.473. The molecule has 9 unspecified atom stereocenters. The van der Waals surface area contributed by atoms with Crippen LogP contribution in [0, 0.1) is 47.3 Å². The Morgan fingerprint density at radius 2 is 1.43 bits per heavy atom. The highest BCUT2D eigenvalue weighted by Crippen LogP contribution is 2.62. The number of ether oxygens (including phenoxy) is 3. The highest BCUT2D eigenvalue weighted by Gasteiger charge is 2.58. The molecular formula is C36H64O6. The predicted molar refractivity (Wildman–Crippen MR) is 169 cm³/mol. The molecule has 4 saturated carbocycles. The van der Waals surface area contributed by atoms with Crippen molar-refractivity contribution in [2.24, 2.45) is 47.3 Å². The third kappa shape index (κ3) is 9.97. The molecule has 0 radical (unpaired) electrons. The van der Waals surface area contributed by atoms with E-state index >= 15 is 0 Å². The maximum atomic E-state index is 11.6. The van der Waals surface area contributed by atoms with Gasteiger partial charge < -0.3 is 14.2 Å². The molecule has 4 fully saturated rings. The molecule has 4 rings (SSSR count). The summed E-state index contributed by atoms with van der Waals surface area (Å²) in [6.45, 7) is 22.2. The first kappa shape index (κ1) is 36.6. The van der Waals surface area contributed by atoms with Gasteiger partial charge in [0.1, 0.15) is 17.3 Å². The van der Waals surface area contributed by atoms with Gasteiger partial charge in [-0.25, -0.2) is 0 Å². The van der Waals surface area contributed by atoms with Gasteiger partial charge in [-0.3, -0.25) is 14.4 Å². The molecule has 42 heavy (non-hydrogen) atoms. The van der Waals surface area contributed by atoms with Crippen molar-refractivity contribution >= 4 is 17.9 Å². The minimum absolute atomic E-state index is 0.0168. The average Bonchev–Trinajstić information content (AvgIpc) is 3.59. The monoisotopic (exact) mass is 592 g/mol. The Morgan fingerprint density at radius 3 is 1.95 bits per heavy atom. The quantitative estimate of drug-likeness (QED) is 0.207. The van der Waals surface area contributed by atoms with Gasteiger partial charge in [-0.15, -0.1) is 0 Å². The molecule has 4 aliphatic rings. The fourth-order valence-electron chi connectivity index (χ4n) is 7.52. The van der Waals surface area contributed by atoms with Crippen LogP contribution in [0.25, 0.3) is 0 Å². The molecule has 6 nitrogen and oxygen atoms in total. The first-order valence-electron chi connectivity index (χ1n) is 17.2. The third-order valence-electron chi connectivity index (χ3n) is 11.2. The van der Waals surface area contributed by atoms with Crippen LogP contribution in [-0.2, 0) is 28.6 Å². The molecule has 9 atom stereocenters. The van der Waals surface area contributed by atoms with Gasteiger partial charge in [0.15, 0.2) is 0 Å². The van der Waals surface area contributed by atoms with Crippen molar-refractivity contribution in [2.45, 2.75) is 164 Å². The van der Waals surface area contributed by atoms with Crippen molar-refractivity contribution < 1.29 is 28.6 Å². The van der Waals surface area contributed by atoms with Crippen molar-refractivity contribution in [1.29, 1.82) is 0 Å². The third-order valence-corrected chi connectivity index (χ3v) is 11.2. The van der Waals surface area contributed by atoms with Gasteiger partial charge in [0.25, 0.3) is 0 Å². The standard InChI is InChI=1S/C14H22O2.C12H22O2.C10H20O2/c1-7-4-12-11-5-10(14(12)8(7)2)6-13(11)16-9(3)15;1-4-10(2)11(13)14-12(3)8-6-5-7-9-12;1-6-8(3)9(11)12-10(4,5)7-2/h7-8,10-14H,4-6H2,1-3H3;10H,4-9H2,1-3H3;8H,6-7H2,1-5H3. The van der Waals surface area contributed by atoms with Crippen LogP contribution in [-0.4, -0.2) is 35.2 Å². The summed E-state index contributed by atoms with van der Waals surface area (Å²) < 4.78 is 16.4. The van der Waals surface area contributed by atoms with E-state index < -0.39 is 0 Å². The maximum absolute atomic E-state index is 11.6. The van der Waals surface area contributed by atoms with Crippen molar-refractivity contribution in [3.63, 3.8) is 0 Å². The Bertz CT molecular complexity index is 874. The Hall–Kier alpha value is -1.59. The summed E-state index contributed by atoms with van der Waals surface area (Å²) in [4.78, 5) is 34.0. The highest BCUT2D eigenvalue weighted by molar-refractivity contribution is 5.72. The number of fused-ring (bicyclic) bond motifs is 5. The highest BCUT2D eigenvalue weighted by atomic mass is 16.6. The zero-order valence-corrected chi connectivity index (χ0v) is 28.9. The second-order valence-corrected chi connectivity index (χ2v) is 14.9. The maximum Gasteiger partial charge on any atom is 0.309 e. The lowest BCUT2D eigenvalue weighted by Gasteiger charge is -2.34. The number of hydrogen-bond acceptors (Lipinski definition) is 6. The summed E-state index contributed by atoms with van der Waals surface area (Å²) in [6, 6.07) is 0. The molecule has 244 valence electrons. The Morgan fingerprint density at radius 1 is 0.857 bits per heavy atom. The molecule has 2 bridgehead atoms. The molecular weight excluding hydrogens is 528 g/mol. The molecule has 0 N–H and O–H groups in total. The molecule has 6 heteroatoms.